The first kappa shape index (κ1) is 9.66. The van der Waals surface area contributed by atoms with E-state index in [1.54, 1.807) is 11.5 Å². The zero-order valence-electron chi connectivity index (χ0n) is 7.79. The number of alkyl halides is 1. The largest absolute Gasteiger partial charge is 0.201 e. The summed E-state index contributed by atoms with van der Waals surface area (Å²) in [6.45, 7) is 2.40. The van der Waals surface area contributed by atoms with Crippen molar-refractivity contribution >= 4 is 27.5 Å². The van der Waals surface area contributed by atoms with Crippen LogP contribution in [0.15, 0.2) is 12.3 Å². The van der Waals surface area contributed by atoms with Gasteiger partial charge in [0.2, 0.25) is 0 Å². The van der Waals surface area contributed by atoms with E-state index in [1.807, 2.05) is 6.20 Å². The topological polar surface area (TPSA) is 12.9 Å². The van der Waals surface area contributed by atoms with E-state index in [-0.39, 0.29) is 0 Å². The molecule has 0 N–H and O–H groups in total. The Morgan fingerprint density at radius 2 is 2.62 bits per heavy atom. The molecule has 1 nitrogen and oxygen atoms in total. The van der Waals surface area contributed by atoms with Gasteiger partial charge in [0.25, 0.3) is 0 Å². The molecule has 2 unspecified atom stereocenters. The standard InChI is InChI=1S/C10H14BrNS/c1-10(4-2-8(11)6-10)7-9-3-5-12-13-9/h3,5,8H,2,4,6-7H2,1H3. The predicted molar refractivity (Wildman–Crippen MR) is 60.5 cm³/mol. The van der Waals surface area contributed by atoms with Crippen molar-refractivity contribution < 1.29 is 0 Å². The fourth-order valence-electron chi connectivity index (χ4n) is 2.16. The van der Waals surface area contributed by atoms with Gasteiger partial charge in [-0.1, -0.05) is 22.9 Å². The third-order valence-corrected chi connectivity index (χ3v) is 4.39. The van der Waals surface area contributed by atoms with Crippen molar-refractivity contribution in [3.05, 3.63) is 17.1 Å². The quantitative estimate of drug-likeness (QED) is 0.740. The van der Waals surface area contributed by atoms with Crippen molar-refractivity contribution in [3.63, 3.8) is 0 Å². The summed E-state index contributed by atoms with van der Waals surface area (Å²) in [6.07, 6.45) is 7.10. The highest BCUT2D eigenvalue weighted by molar-refractivity contribution is 9.09. The lowest BCUT2D eigenvalue weighted by atomic mass is 9.85. The number of hydrogen-bond acceptors (Lipinski definition) is 2. The Morgan fingerprint density at radius 3 is 3.15 bits per heavy atom. The van der Waals surface area contributed by atoms with E-state index >= 15 is 0 Å². The maximum Gasteiger partial charge on any atom is 0.0409 e. The SMILES string of the molecule is CC1(Cc2ccns2)CCC(Br)C1. The fourth-order valence-corrected chi connectivity index (χ4v) is 3.96. The summed E-state index contributed by atoms with van der Waals surface area (Å²) in [5.41, 5.74) is 0.515. The molecule has 2 rings (SSSR count). The van der Waals surface area contributed by atoms with E-state index in [0.717, 1.165) is 4.83 Å². The molecule has 0 radical (unpaired) electrons. The van der Waals surface area contributed by atoms with Gasteiger partial charge in [0.05, 0.1) is 0 Å². The Balaban J connectivity index is 2.01. The average molecular weight is 260 g/mol. The van der Waals surface area contributed by atoms with Crippen LogP contribution in [0.3, 0.4) is 0 Å². The highest BCUT2D eigenvalue weighted by Gasteiger charge is 2.34. The molecule has 0 bridgehead atoms. The highest BCUT2D eigenvalue weighted by Crippen LogP contribution is 2.43. The lowest BCUT2D eigenvalue weighted by Gasteiger charge is -2.22. The van der Waals surface area contributed by atoms with E-state index in [9.17, 15) is 0 Å². The van der Waals surface area contributed by atoms with Crippen LogP contribution in [-0.4, -0.2) is 9.20 Å². The number of aromatic nitrogens is 1. The van der Waals surface area contributed by atoms with Gasteiger partial charge in [0, 0.05) is 15.9 Å². The first-order valence-electron chi connectivity index (χ1n) is 4.72. The van der Waals surface area contributed by atoms with Crippen molar-refractivity contribution in [1.29, 1.82) is 0 Å². The monoisotopic (exact) mass is 259 g/mol. The Labute approximate surface area is 91.8 Å². The highest BCUT2D eigenvalue weighted by atomic mass is 79.9. The molecule has 1 saturated carbocycles. The molecule has 72 valence electrons. The van der Waals surface area contributed by atoms with Crippen LogP contribution in [0.25, 0.3) is 0 Å². The summed E-state index contributed by atoms with van der Waals surface area (Å²) in [7, 11) is 0. The number of hydrogen-bond donors (Lipinski definition) is 0. The normalized spacial score (nSPS) is 33.8. The number of nitrogens with zero attached hydrogens (tertiary/aromatic N) is 1. The lowest BCUT2D eigenvalue weighted by Crippen LogP contribution is -2.14. The Bertz CT molecular complexity index is 272. The summed E-state index contributed by atoms with van der Waals surface area (Å²) in [5, 5.41) is 0. The molecule has 0 amide bonds. The molecule has 2 atom stereocenters. The Morgan fingerprint density at radius 1 is 1.77 bits per heavy atom. The first-order valence-corrected chi connectivity index (χ1v) is 6.40. The lowest BCUT2D eigenvalue weighted by molar-refractivity contribution is 0.338. The van der Waals surface area contributed by atoms with E-state index in [0.29, 0.717) is 5.41 Å². The van der Waals surface area contributed by atoms with E-state index in [1.165, 1.54) is 30.6 Å². The van der Waals surface area contributed by atoms with Gasteiger partial charge in [0.15, 0.2) is 0 Å². The zero-order valence-corrected chi connectivity index (χ0v) is 10.2. The van der Waals surface area contributed by atoms with Crippen molar-refractivity contribution in [2.45, 2.75) is 37.4 Å². The van der Waals surface area contributed by atoms with E-state index in [2.05, 4.69) is 33.3 Å². The predicted octanol–water partition coefficient (Wildman–Crippen LogP) is 3.64. The molecule has 1 aromatic heterocycles. The molecule has 13 heavy (non-hydrogen) atoms. The van der Waals surface area contributed by atoms with E-state index < -0.39 is 0 Å². The molecule has 1 aliphatic rings. The minimum absolute atomic E-state index is 0.515. The molecule has 1 aliphatic carbocycles. The fraction of sp³-hybridized carbons (Fsp3) is 0.700. The van der Waals surface area contributed by atoms with Crippen LogP contribution in [0.1, 0.15) is 31.1 Å². The zero-order chi connectivity index (χ0) is 9.31. The van der Waals surface area contributed by atoms with Gasteiger partial charge in [-0.05, 0) is 48.7 Å². The van der Waals surface area contributed by atoms with Crippen LogP contribution in [0, 0.1) is 5.41 Å². The summed E-state index contributed by atoms with van der Waals surface area (Å²) < 4.78 is 4.14. The third-order valence-electron chi connectivity index (χ3n) is 2.87. The maximum absolute atomic E-state index is 4.14. The second kappa shape index (κ2) is 3.70. The number of rotatable bonds is 2. The van der Waals surface area contributed by atoms with Crippen molar-refractivity contribution in [2.75, 3.05) is 0 Å². The van der Waals surface area contributed by atoms with Crippen molar-refractivity contribution in [3.8, 4) is 0 Å². The van der Waals surface area contributed by atoms with Gasteiger partial charge >= 0.3 is 0 Å². The molecule has 0 aliphatic heterocycles. The molecule has 3 heteroatoms. The van der Waals surface area contributed by atoms with Crippen LogP contribution in [0.4, 0.5) is 0 Å². The minimum Gasteiger partial charge on any atom is -0.201 e. The molecule has 0 aromatic carbocycles. The minimum atomic E-state index is 0.515. The van der Waals surface area contributed by atoms with E-state index in [4.69, 9.17) is 0 Å². The molecule has 0 saturated heterocycles. The summed E-state index contributed by atoms with van der Waals surface area (Å²) in [6, 6.07) is 2.15. The summed E-state index contributed by atoms with van der Waals surface area (Å²) >= 11 is 5.35. The van der Waals surface area contributed by atoms with Gasteiger partial charge in [-0.25, -0.2) is 4.37 Å². The Kier molecular flexibility index (Phi) is 2.75. The van der Waals surface area contributed by atoms with Gasteiger partial charge in [-0.2, -0.15) is 0 Å². The maximum atomic E-state index is 4.14. The molecular formula is C10H14BrNS. The van der Waals surface area contributed by atoms with Crippen molar-refractivity contribution in [1.82, 2.24) is 4.37 Å². The van der Waals surface area contributed by atoms with Crippen LogP contribution in [-0.2, 0) is 6.42 Å². The number of halogens is 1. The van der Waals surface area contributed by atoms with Gasteiger partial charge < -0.3 is 0 Å². The van der Waals surface area contributed by atoms with Crippen LogP contribution < -0.4 is 0 Å². The average Bonchev–Trinajstić information content (AvgIpc) is 2.62. The Hall–Kier alpha value is 0.110. The van der Waals surface area contributed by atoms with Crippen LogP contribution >= 0.6 is 27.5 Å². The smallest absolute Gasteiger partial charge is 0.0409 e. The molecule has 1 aromatic rings. The second-order valence-corrected chi connectivity index (χ2v) is 6.52. The van der Waals surface area contributed by atoms with Crippen LogP contribution in [0.2, 0.25) is 0 Å². The summed E-state index contributed by atoms with van der Waals surface area (Å²) in [5.74, 6) is 0. The second-order valence-electron chi connectivity index (χ2n) is 4.31. The molecule has 1 heterocycles. The molecular weight excluding hydrogens is 246 g/mol. The third kappa shape index (κ3) is 2.32. The van der Waals surface area contributed by atoms with Gasteiger partial charge in [0.1, 0.15) is 0 Å². The summed E-state index contributed by atoms with van der Waals surface area (Å²) in [4.78, 5) is 2.18. The van der Waals surface area contributed by atoms with Crippen molar-refractivity contribution in [2.24, 2.45) is 5.41 Å². The molecule has 1 fully saturated rings. The van der Waals surface area contributed by atoms with Gasteiger partial charge in [-0.15, -0.1) is 0 Å². The molecule has 0 spiro atoms. The van der Waals surface area contributed by atoms with Gasteiger partial charge in [-0.3, -0.25) is 0 Å². The first-order chi connectivity index (χ1) is 6.18. The van der Waals surface area contributed by atoms with Crippen LogP contribution in [0.5, 0.6) is 0 Å².